The molecule has 0 aliphatic carbocycles. The Morgan fingerprint density at radius 2 is 1.72 bits per heavy atom. The second-order valence-corrected chi connectivity index (χ2v) is 6.42. The van der Waals surface area contributed by atoms with E-state index in [1.165, 1.54) is 0 Å². The Labute approximate surface area is 149 Å². The lowest BCUT2D eigenvalue weighted by molar-refractivity contribution is -0.118. The largest absolute Gasteiger partial charge is 0.484 e. The summed E-state index contributed by atoms with van der Waals surface area (Å²) in [5, 5.41) is 2.90. The van der Waals surface area contributed by atoms with Gasteiger partial charge in [0.15, 0.2) is 6.61 Å². The molecular weight excluding hydrogens is 314 g/mol. The van der Waals surface area contributed by atoms with Crippen LogP contribution < -0.4 is 10.1 Å². The van der Waals surface area contributed by atoms with E-state index in [4.69, 9.17) is 4.74 Å². The highest BCUT2D eigenvalue weighted by molar-refractivity contribution is 5.92. The molecule has 2 rings (SSSR count). The smallest absolute Gasteiger partial charge is 0.262 e. The minimum atomic E-state index is -0.186. The van der Waals surface area contributed by atoms with Crippen molar-refractivity contribution in [1.29, 1.82) is 0 Å². The van der Waals surface area contributed by atoms with Crippen LogP contribution in [0.3, 0.4) is 0 Å². The van der Waals surface area contributed by atoms with Gasteiger partial charge in [-0.3, -0.25) is 4.79 Å². The normalized spacial score (nSPS) is 10.6. The molecule has 0 spiro atoms. The van der Waals surface area contributed by atoms with E-state index in [1.807, 2.05) is 48.5 Å². The third-order valence-corrected chi connectivity index (χ3v) is 3.92. The van der Waals surface area contributed by atoms with Gasteiger partial charge in [0.1, 0.15) is 11.5 Å². The van der Waals surface area contributed by atoms with Gasteiger partial charge in [-0.25, -0.2) is 0 Å². The second-order valence-electron chi connectivity index (χ2n) is 6.42. The van der Waals surface area contributed by atoms with Gasteiger partial charge in [-0.05, 0) is 48.6 Å². The van der Waals surface area contributed by atoms with Crippen molar-refractivity contribution in [1.82, 2.24) is 0 Å². The molecule has 0 unspecified atom stereocenters. The minimum Gasteiger partial charge on any atom is -0.484 e. The van der Waals surface area contributed by atoms with Crippen molar-refractivity contribution in [2.24, 2.45) is 0 Å². The molecule has 0 bridgehead atoms. The Morgan fingerprint density at radius 3 is 2.36 bits per heavy atom. The van der Waals surface area contributed by atoms with Crippen molar-refractivity contribution in [3.63, 3.8) is 0 Å². The molecule has 1 amide bonds. The van der Waals surface area contributed by atoms with Gasteiger partial charge in [0, 0.05) is 12.1 Å². The van der Waals surface area contributed by atoms with Crippen LogP contribution >= 0.6 is 0 Å². The highest BCUT2D eigenvalue weighted by Crippen LogP contribution is 2.23. The number of hydrogen-bond donors (Lipinski definition) is 1. The monoisotopic (exact) mass is 339 g/mol. The zero-order chi connectivity index (χ0) is 18.2. The fourth-order valence-corrected chi connectivity index (χ4v) is 2.52. The van der Waals surface area contributed by atoms with Gasteiger partial charge < -0.3 is 14.8 Å². The minimum absolute atomic E-state index is 0.0424. The molecule has 0 saturated carbocycles. The summed E-state index contributed by atoms with van der Waals surface area (Å²) in [6, 6.07) is 15.3. The highest BCUT2D eigenvalue weighted by atomic mass is 16.5. The molecule has 0 saturated heterocycles. The number of carbonyl (C=O) groups is 2. The molecule has 0 atom stereocenters. The summed E-state index contributed by atoms with van der Waals surface area (Å²) in [7, 11) is 0. The summed E-state index contributed by atoms with van der Waals surface area (Å²) in [6.45, 7) is 5.73. The zero-order valence-corrected chi connectivity index (χ0v) is 15.0. The molecule has 25 heavy (non-hydrogen) atoms. The van der Waals surface area contributed by atoms with Crippen molar-refractivity contribution in [2.75, 3.05) is 11.9 Å². The maximum atomic E-state index is 12.1. The van der Waals surface area contributed by atoms with Gasteiger partial charge >= 0.3 is 0 Å². The zero-order valence-electron chi connectivity index (χ0n) is 15.0. The molecule has 0 heterocycles. The van der Waals surface area contributed by atoms with Crippen LogP contribution in [0, 0.1) is 0 Å². The number of aryl methyl sites for hydroxylation is 1. The average Bonchev–Trinajstić information content (AvgIpc) is 2.59. The van der Waals surface area contributed by atoms with Gasteiger partial charge in [0.05, 0.1) is 0 Å². The predicted octanol–water partition coefficient (Wildman–Crippen LogP) is 4.35. The maximum absolute atomic E-state index is 12.1. The summed E-state index contributed by atoms with van der Waals surface area (Å²) in [5.74, 6) is 0.964. The van der Waals surface area contributed by atoms with Crippen LogP contribution in [-0.2, 0) is 16.0 Å². The Kier molecular flexibility index (Phi) is 6.75. The molecule has 0 aliphatic heterocycles. The van der Waals surface area contributed by atoms with Crippen molar-refractivity contribution in [3.8, 4) is 5.75 Å². The number of anilines is 1. The van der Waals surface area contributed by atoms with Crippen LogP contribution in [0.1, 0.15) is 44.2 Å². The topological polar surface area (TPSA) is 55.4 Å². The number of carbonyl (C=O) groups excluding carboxylic acids is 2. The predicted molar refractivity (Wildman–Crippen MR) is 100 cm³/mol. The number of amides is 1. The summed E-state index contributed by atoms with van der Waals surface area (Å²) in [4.78, 5) is 23.1. The first-order chi connectivity index (χ1) is 12.0. The quantitative estimate of drug-likeness (QED) is 0.778. The fourth-order valence-electron chi connectivity index (χ4n) is 2.52. The number of Topliss-reactive ketones (excluding diaryl/α,β-unsaturated/α-hetero) is 1. The van der Waals surface area contributed by atoms with Crippen LogP contribution in [0.15, 0.2) is 48.5 Å². The average molecular weight is 339 g/mol. The van der Waals surface area contributed by atoms with Gasteiger partial charge in [0.2, 0.25) is 0 Å². The first kappa shape index (κ1) is 18.7. The summed E-state index contributed by atoms with van der Waals surface area (Å²) in [5.41, 5.74) is 3.01. The molecule has 0 fully saturated rings. The number of nitrogens with one attached hydrogen (secondary N) is 1. The molecule has 0 aromatic heterocycles. The standard InChI is InChI=1S/C21H25NO3/c1-15(2)19-6-4-5-7-20(19)22-21(24)14-25-18-12-10-17(11-13-18)9-8-16(3)23/h4-7,10-13,15H,8-9,14H2,1-3H3,(H,22,24). The van der Waals surface area contributed by atoms with E-state index in [2.05, 4.69) is 19.2 Å². The lowest BCUT2D eigenvalue weighted by Crippen LogP contribution is -2.21. The van der Waals surface area contributed by atoms with Crippen molar-refractivity contribution < 1.29 is 14.3 Å². The molecule has 4 nitrogen and oxygen atoms in total. The van der Waals surface area contributed by atoms with Gasteiger partial charge in [-0.15, -0.1) is 0 Å². The van der Waals surface area contributed by atoms with E-state index < -0.39 is 0 Å². The third-order valence-electron chi connectivity index (χ3n) is 3.92. The van der Waals surface area contributed by atoms with E-state index >= 15 is 0 Å². The third kappa shape index (κ3) is 6.07. The number of benzene rings is 2. The van der Waals surface area contributed by atoms with Crippen molar-refractivity contribution in [3.05, 3.63) is 59.7 Å². The Bertz CT molecular complexity index is 720. The second kappa shape index (κ2) is 9.02. The van der Waals surface area contributed by atoms with Gasteiger partial charge in [-0.2, -0.15) is 0 Å². The van der Waals surface area contributed by atoms with Crippen LogP contribution in [0.5, 0.6) is 5.75 Å². The Balaban J connectivity index is 1.87. The van der Waals surface area contributed by atoms with E-state index in [-0.39, 0.29) is 18.3 Å². The first-order valence-electron chi connectivity index (χ1n) is 8.55. The van der Waals surface area contributed by atoms with E-state index in [9.17, 15) is 9.59 Å². The Hall–Kier alpha value is -2.62. The first-order valence-corrected chi connectivity index (χ1v) is 8.55. The number of ether oxygens (including phenoxy) is 1. The number of para-hydroxylation sites is 1. The van der Waals surface area contributed by atoms with Gasteiger partial charge in [0.25, 0.3) is 5.91 Å². The van der Waals surface area contributed by atoms with Gasteiger partial charge in [-0.1, -0.05) is 44.2 Å². The maximum Gasteiger partial charge on any atom is 0.262 e. The molecule has 4 heteroatoms. The lowest BCUT2D eigenvalue weighted by Gasteiger charge is -2.14. The van der Waals surface area contributed by atoms with Crippen molar-refractivity contribution in [2.45, 2.75) is 39.5 Å². The van der Waals surface area contributed by atoms with E-state index in [0.717, 1.165) is 23.2 Å². The lowest BCUT2D eigenvalue weighted by atomic mass is 10.0. The van der Waals surface area contributed by atoms with E-state index in [1.54, 1.807) is 6.92 Å². The molecule has 0 aliphatic rings. The van der Waals surface area contributed by atoms with Crippen LogP contribution in [0.25, 0.3) is 0 Å². The van der Waals surface area contributed by atoms with Crippen LogP contribution in [-0.4, -0.2) is 18.3 Å². The molecule has 0 radical (unpaired) electrons. The molecule has 2 aromatic carbocycles. The summed E-state index contributed by atoms with van der Waals surface area (Å²) >= 11 is 0. The summed E-state index contributed by atoms with van der Waals surface area (Å²) in [6.07, 6.45) is 1.26. The van der Waals surface area contributed by atoms with Crippen molar-refractivity contribution >= 4 is 17.4 Å². The SMILES string of the molecule is CC(=O)CCc1ccc(OCC(=O)Nc2ccccc2C(C)C)cc1. The number of ketones is 1. The number of rotatable bonds is 8. The summed E-state index contributed by atoms with van der Waals surface area (Å²) < 4.78 is 5.54. The highest BCUT2D eigenvalue weighted by Gasteiger charge is 2.09. The molecule has 132 valence electrons. The molecule has 2 aromatic rings. The van der Waals surface area contributed by atoms with Crippen LogP contribution in [0.4, 0.5) is 5.69 Å². The molecular formula is C21H25NO3. The molecule has 1 N–H and O–H groups in total. The Morgan fingerprint density at radius 1 is 1.04 bits per heavy atom. The fraction of sp³-hybridized carbons (Fsp3) is 0.333. The van der Waals surface area contributed by atoms with Crippen LogP contribution in [0.2, 0.25) is 0 Å². The van der Waals surface area contributed by atoms with E-state index in [0.29, 0.717) is 18.1 Å². The number of hydrogen-bond acceptors (Lipinski definition) is 3.